The lowest BCUT2D eigenvalue weighted by atomic mass is 10.2. The molecule has 1 aliphatic heterocycles. The van der Waals surface area contributed by atoms with E-state index in [1.54, 1.807) is 6.07 Å². The average molecular weight is 314 g/mol. The lowest BCUT2D eigenvalue weighted by Gasteiger charge is -2.30. The molecule has 0 amide bonds. The van der Waals surface area contributed by atoms with Crippen LogP contribution in [-0.2, 0) is 14.8 Å². The zero-order chi connectivity index (χ0) is 15.5. The van der Waals surface area contributed by atoms with Gasteiger partial charge in [-0.05, 0) is 32.3 Å². The Morgan fingerprint density at radius 3 is 2.86 bits per heavy atom. The number of nitrogens with one attached hydrogen (secondary N) is 2. The van der Waals surface area contributed by atoms with E-state index in [2.05, 4.69) is 22.0 Å². The molecule has 1 saturated heterocycles. The number of hydrogen-bond acceptors (Lipinski definition) is 6. The number of hydrogen-bond donors (Lipinski definition) is 3. The van der Waals surface area contributed by atoms with Gasteiger partial charge in [-0.3, -0.25) is 0 Å². The van der Waals surface area contributed by atoms with E-state index >= 15 is 0 Å². The van der Waals surface area contributed by atoms with Gasteiger partial charge in [0.05, 0.1) is 29.0 Å². The molecule has 0 aromatic heterocycles. The van der Waals surface area contributed by atoms with Gasteiger partial charge in [0.1, 0.15) is 0 Å². The van der Waals surface area contributed by atoms with Crippen molar-refractivity contribution < 1.29 is 13.2 Å². The molecule has 1 aromatic carbocycles. The molecule has 1 aliphatic rings. The van der Waals surface area contributed by atoms with Crippen molar-refractivity contribution in [3.63, 3.8) is 0 Å². The molecule has 0 radical (unpaired) electrons. The Kier molecular flexibility index (Phi) is 5.04. The molecule has 8 heteroatoms. The second-order valence-corrected chi connectivity index (χ2v) is 6.98. The van der Waals surface area contributed by atoms with Crippen LogP contribution >= 0.6 is 0 Å². The summed E-state index contributed by atoms with van der Waals surface area (Å²) in [5, 5.41) is 3.21. The molecule has 0 spiro atoms. The van der Waals surface area contributed by atoms with Gasteiger partial charge in [0.2, 0.25) is 10.0 Å². The molecular weight excluding hydrogens is 292 g/mol. The van der Waals surface area contributed by atoms with E-state index in [0.717, 1.165) is 19.7 Å². The Labute approximate surface area is 125 Å². The molecule has 21 heavy (non-hydrogen) atoms. The molecular formula is C13H22N4O3S. The summed E-state index contributed by atoms with van der Waals surface area (Å²) in [5.74, 6) is 0. The second-order valence-electron chi connectivity index (χ2n) is 5.09. The topological polar surface area (TPSA) is 96.7 Å². The van der Waals surface area contributed by atoms with Gasteiger partial charge >= 0.3 is 0 Å². The number of rotatable bonds is 5. The highest BCUT2D eigenvalue weighted by molar-refractivity contribution is 7.89. The van der Waals surface area contributed by atoms with Crippen molar-refractivity contribution in [2.45, 2.75) is 11.0 Å². The monoisotopic (exact) mass is 314 g/mol. The molecule has 0 bridgehead atoms. The molecule has 1 atom stereocenters. The van der Waals surface area contributed by atoms with Crippen LogP contribution in [0.25, 0.3) is 0 Å². The third-order valence-electron chi connectivity index (χ3n) is 3.46. The standard InChI is InChI=1S/C13H22N4O3S/c1-15-21(18,19)11-3-4-13(12(14)7-11)16-8-10-9-17(2)5-6-20-10/h3-4,7,10,15-16H,5-6,8-9,14H2,1-2H3. The fraction of sp³-hybridized carbons (Fsp3) is 0.538. The van der Waals surface area contributed by atoms with Crippen molar-refractivity contribution in [1.82, 2.24) is 9.62 Å². The lowest BCUT2D eigenvalue weighted by Crippen LogP contribution is -2.43. The van der Waals surface area contributed by atoms with E-state index < -0.39 is 10.0 Å². The number of nitrogens with two attached hydrogens (primary N) is 1. The summed E-state index contributed by atoms with van der Waals surface area (Å²) in [4.78, 5) is 2.36. The summed E-state index contributed by atoms with van der Waals surface area (Å²) in [6.07, 6.45) is 0.101. The highest BCUT2D eigenvalue weighted by atomic mass is 32.2. The van der Waals surface area contributed by atoms with Crippen LogP contribution in [0.3, 0.4) is 0 Å². The molecule has 1 fully saturated rings. The van der Waals surface area contributed by atoms with Crippen molar-refractivity contribution in [2.75, 3.05) is 51.4 Å². The van der Waals surface area contributed by atoms with Gasteiger partial charge in [-0.25, -0.2) is 13.1 Å². The first-order valence-corrected chi connectivity index (χ1v) is 8.28. The van der Waals surface area contributed by atoms with Gasteiger partial charge in [0.15, 0.2) is 0 Å². The Morgan fingerprint density at radius 2 is 2.24 bits per heavy atom. The highest BCUT2D eigenvalue weighted by Gasteiger charge is 2.18. The van der Waals surface area contributed by atoms with Crippen LogP contribution in [0.5, 0.6) is 0 Å². The van der Waals surface area contributed by atoms with Gasteiger partial charge in [-0.15, -0.1) is 0 Å². The maximum absolute atomic E-state index is 11.7. The molecule has 1 aromatic rings. The summed E-state index contributed by atoms with van der Waals surface area (Å²) < 4.78 is 31.3. The number of benzene rings is 1. The number of ether oxygens (including phenoxy) is 1. The van der Waals surface area contributed by atoms with Crippen LogP contribution in [0.2, 0.25) is 0 Å². The number of likely N-dealkylation sites (N-methyl/N-ethyl adjacent to an activating group) is 1. The predicted molar refractivity (Wildman–Crippen MR) is 82.8 cm³/mol. The Morgan fingerprint density at radius 1 is 1.48 bits per heavy atom. The maximum Gasteiger partial charge on any atom is 0.240 e. The average Bonchev–Trinajstić information content (AvgIpc) is 2.46. The minimum atomic E-state index is -3.47. The summed E-state index contributed by atoms with van der Waals surface area (Å²) >= 11 is 0. The summed E-state index contributed by atoms with van der Waals surface area (Å²) in [5.41, 5.74) is 7.02. The number of nitrogens with zero attached hydrogens (tertiary/aromatic N) is 1. The number of morpholine rings is 1. The summed E-state index contributed by atoms with van der Waals surface area (Å²) in [7, 11) is -0.0428. The fourth-order valence-electron chi connectivity index (χ4n) is 2.20. The molecule has 1 heterocycles. The van der Waals surface area contributed by atoms with Crippen molar-refractivity contribution >= 4 is 21.4 Å². The van der Waals surface area contributed by atoms with Gasteiger partial charge in [-0.2, -0.15) is 0 Å². The van der Waals surface area contributed by atoms with E-state index in [-0.39, 0.29) is 11.0 Å². The van der Waals surface area contributed by atoms with Crippen molar-refractivity contribution in [2.24, 2.45) is 0 Å². The molecule has 2 rings (SSSR count). The Hall–Kier alpha value is -1.35. The van der Waals surface area contributed by atoms with E-state index in [9.17, 15) is 8.42 Å². The smallest absolute Gasteiger partial charge is 0.240 e. The van der Waals surface area contributed by atoms with Crippen LogP contribution in [0.15, 0.2) is 23.1 Å². The second kappa shape index (κ2) is 6.61. The third kappa shape index (κ3) is 4.07. The third-order valence-corrected chi connectivity index (χ3v) is 4.88. The molecule has 0 saturated carbocycles. The summed E-state index contributed by atoms with van der Waals surface area (Å²) in [6.45, 7) is 3.15. The first-order valence-electron chi connectivity index (χ1n) is 6.79. The zero-order valence-electron chi connectivity index (χ0n) is 12.3. The molecule has 0 aliphatic carbocycles. The van der Waals surface area contributed by atoms with Crippen LogP contribution < -0.4 is 15.8 Å². The first-order chi connectivity index (χ1) is 9.92. The maximum atomic E-state index is 11.7. The van der Waals surface area contributed by atoms with E-state index in [1.165, 1.54) is 19.2 Å². The highest BCUT2D eigenvalue weighted by Crippen LogP contribution is 2.22. The van der Waals surface area contributed by atoms with Gasteiger partial charge in [0.25, 0.3) is 0 Å². The van der Waals surface area contributed by atoms with Gasteiger partial charge < -0.3 is 20.7 Å². The number of anilines is 2. The van der Waals surface area contributed by atoms with Crippen molar-refractivity contribution in [3.05, 3.63) is 18.2 Å². The first kappa shape index (κ1) is 16.0. The largest absolute Gasteiger partial charge is 0.397 e. The Bertz CT molecular complexity index is 591. The zero-order valence-corrected chi connectivity index (χ0v) is 13.1. The minimum Gasteiger partial charge on any atom is -0.397 e. The van der Waals surface area contributed by atoms with Crippen LogP contribution in [0.1, 0.15) is 0 Å². The van der Waals surface area contributed by atoms with Crippen molar-refractivity contribution in [3.8, 4) is 0 Å². The molecule has 4 N–H and O–H groups in total. The van der Waals surface area contributed by atoms with Crippen molar-refractivity contribution in [1.29, 1.82) is 0 Å². The van der Waals surface area contributed by atoms with E-state index in [0.29, 0.717) is 17.9 Å². The lowest BCUT2D eigenvalue weighted by molar-refractivity contribution is -0.0117. The normalized spacial score (nSPS) is 20.4. The van der Waals surface area contributed by atoms with Crippen LogP contribution in [0, 0.1) is 0 Å². The molecule has 118 valence electrons. The molecule has 1 unspecified atom stereocenters. The van der Waals surface area contributed by atoms with Gasteiger partial charge in [-0.1, -0.05) is 0 Å². The molecule has 7 nitrogen and oxygen atoms in total. The Balaban J connectivity index is 2.01. The SMILES string of the molecule is CNS(=O)(=O)c1ccc(NCC2CN(C)CCO2)c(N)c1. The minimum absolute atomic E-state index is 0.101. The predicted octanol–water partition coefficient (Wildman–Crippen LogP) is -0.0806. The quantitative estimate of drug-likeness (QED) is 0.658. The van der Waals surface area contributed by atoms with Crippen LogP contribution in [0.4, 0.5) is 11.4 Å². The van der Waals surface area contributed by atoms with Crippen LogP contribution in [-0.4, -0.2) is 59.8 Å². The summed E-state index contributed by atoms with van der Waals surface area (Å²) in [6, 6.07) is 4.65. The van der Waals surface area contributed by atoms with E-state index in [4.69, 9.17) is 10.5 Å². The van der Waals surface area contributed by atoms with E-state index in [1.807, 2.05) is 0 Å². The fourth-order valence-corrected chi connectivity index (χ4v) is 2.97. The number of sulfonamides is 1. The van der Waals surface area contributed by atoms with Gasteiger partial charge in [0, 0.05) is 19.6 Å². The number of nitrogen functional groups attached to an aromatic ring is 1.